The molecule has 0 unspecified atom stereocenters. The number of hydrazone groups is 1. The van der Waals surface area contributed by atoms with Crippen molar-refractivity contribution in [3.05, 3.63) is 70.1 Å². The van der Waals surface area contributed by atoms with Gasteiger partial charge in [-0.25, -0.2) is 10.1 Å². The SMILES string of the molecule is COc1ccc(CC/C(C)=N\NC(=O)c2nn(C)c(=O)c3ccccc23)cc1. The second-order valence-electron chi connectivity index (χ2n) is 6.46. The molecule has 1 amide bonds. The maximum absolute atomic E-state index is 12.6. The Bertz CT molecular complexity index is 1080. The van der Waals surface area contributed by atoms with Gasteiger partial charge in [0.15, 0.2) is 5.69 Å². The summed E-state index contributed by atoms with van der Waals surface area (Å²) in [5.41, 5.74) is 4.42. The summed E-state index contributed by atoms with van der Waals surface area (Å²) < 4.78 is 6.31. The van der Waals surface area contributed by atoms with E-state index in [0.717, 1.165) is 28.1 Å². The molecule has 28 heavy (non-hydrogen) atoms. The van der Waals surface area contributed by atoms with Gasteiger partial charge in [-0.3, -0.25) is 9.59 Å². The summed E-state index contributed by atoms with van der Waals surface area (Å²) in [4.78, 5) is 24.7. The quantitative estimate of drug-likeness (QED) is 0.528. The van der Waals surface area contributed by atoms with E-state index in [1.165, 1.54) is 7.05 Å². The molecule has 144 valence electrons. The van der Waals surface area contributed by atoms with Crippen LogP contribution in [0.2, 0.25) is 0 Å². The van der Waals surface area contributed by atoms with Crippen LogP contribution in [0.4, 0.5) is 0 Å². The fourth-order valence-corrected chi connectivity index (χ4v) is 2.84. The van der Waals surface area contributed by atoms with Gasteiger partial charge in [0, 0.05) is 18.1 Å². The molecule has 0 saturated carbocycles. The number of aromatic nitrogens is 2. The molecule has 0 aliphatic rings. The van der Waals surface area contributed by atoms with E-state index in [0.29, 0.717) is 17.2 Å². The molecule has 0 saturated heterocycles. The molecular weight excluding hydrogens is 356 g/mol. The van der Waals surface area contributed by atoms with Crippen molar-refractivity contribution in [3.8, 4) is 5.75 Å². The first-order valence-electron chi connectivity index (χ1n) is 8.92. The minimum atomic E-state index is -0.449. The van der Waals surface area contributed by atoms with Crippen molar-refractivity contribution in [3.63, 3.8) is 0 Å². The number of aryl methyl sites for hydroxylation is 2. The molecule has 1 N–H and O–H groups in total. The first-order valence-corrected chi connectivity index (χ1v) is 8.92. The number of rotatable bonds is 6. The van der Waals surface area contributed by atoms with E-state index >= 15 is 0 Å². The molecular formula is C21H22N4O3. The maximum Gasteiger partial charge on any atom is 0.292 e. The minimum Gasteiger partial charge on any atom is -0.497 e. The van der Waals surface area contributed by atoms with Crippen molar-refractivity contribution in [2.45, 2.75) is 19.8 Å². The van der Waals surface area contributed by atoms with Gasteiger partial charge in [-0.15, -0.1) is 0 Å². The average Bonchev–Trinajstić information content (AvgIpc) is 2.73. The Morgan fingerprint density at radius 2 is 1.82 bits per heavy atom. The van der Waals surface area contributed by atoms with Crippen molar-refractivity contribution >= 4 is 22.4 Å². The smallest absolute Gasteiger partial charge is 0.292 e. The minimum absolute atomic E-state index is 0.171. The van der Waals surface area contributed by atoms with Crippen LogP contribution in [0, 0.1) is 0 Å². The lowest BCUT2D eigenvalue weighted by Crippen LogP contribution is -2.27. The predicted octanol–water partition coefficient (Wildman–Crippen LogP) is 2.68. The van der Waals surface area contributed by atoms with Crippen molar-refractivity contribution in [2.24, 2.45) is 12.1 Å². The Balaban J connectivity index is 1.70. The molecule has 7 nitrogen and oxygen atoms in total. The van der Waals surface area contributed by atoms with Crippen LogP contribution in [0.1, 0.15) is 29.4 Å². The Morgan fingerprint density at radius 1 is 1.14 bits per heavy atom. The third kappa shape index (κ3) is 4.25. The summed E-state index contributed by atoms with van der Waals surface area (Å²) in [6.07, 6.45) is 1.50. The van der Waals surface area contributed by atoms with Gasteiger partial charge in [0.05, 0.1) is 12.5 Å². The van der Waals surface area contributed by atoms with E-state index in [-0.39, 0.29) is 11.3 Å². The molecule has 3 aromatic rings. The van der Waals surface area contributed by atoms with Gasteiger partial charge >= 0.3 is 0 Å². The van der Waals surface area contributed by atoms with Crippen LogP contribution in [0.5, 0.6) is 5.75 Å². The maximum atomic E-state index is 12.6. The zero-order valence-electron chi connectivity index (χ0n) is 16.1. The molecule has 1 aromatic heterocycles. The second kappa shape index (κ2) is 8.47. The lowest BCUT2D eigenvalue weighted by atomic mass is 10.1. The largest absolute Gasteiger partial charge is 0.497 e. The van der Waals surface area contributed by atoms with Crippen LogP contribution in [0.25, 0.3) is 10.8 Å². The number of methoxy groups -OCH3 is 1. The molecule has 0 atom stereocenters. The van der Waals surface area contributed by atoms with Gasteiger partial charge in [0.2, 0.25) is 0 Å². The standard InChI is InChI=1S/C21H22N4O3/c1-14(8-9-15-10-12-16(28-3)13-11-15)22-23-20(26)19-17-6-4-5-7-18(17)21(27)25(2)24-19/h4-7,10-13H,8-9H2,1-3H3,(H,23,26)/b22-14-. The van der Waals surface area contributed by atoms with Crippen molar-refractivity contribution in [1.29, 1.82) is 0 Å². The third-order valence-corrected chi connectivity index (χ3v) is 4.45. The molecule has 0 aliphatic carbocycles. The van der Waals surface area contributed by atoms with E-state index < -0.39 is 5.91 Å². The highest BCUT2D eigenvalue weighted by Crippen LogP contribution is 2.14. The Kier molecular flexibility index (Phi) is 5.84. The van der Waals surface area contributed by atoms with Gasteiger partial charge in [-0.1, -0.05) is 30.3 Å². The fourth-order valence-electron chi connectivity index (χ4n) is 2.84. The molecule has 0 radical (unpaired) electrons. The number of nitrogens with zero attached hydrogens (tertiary/aromatic N) is 3. The topological polar surface area (TPSA) is 85.6 Å². The number of hydrogen-bond donors (Lipinski definition) is 1. The second-order valence-corrected chi connectivity index (χ2v) is 6.46. The predicted molar refractivity (Wildman–Crippen MR) is 109 cm³/mol. The van der Waals surface area contributed by atoms with Gasteiger partial charge in [-0.2, -0.15) is 10.2 Å². The number of amides is 1. The first kappa shape index (κ1) is 19.3. The van der Waals surface area contributed by atoms with E-state index in [1.807, 2.05) is 31.2 Å². The van der Waals surface area contributed by atoms with Crippen LogP contribution in [0.3, 0.4) is 0 Å². The number of carbonyl (C=O) groups is 1. The van der Waals surface area contributed by atoms with Crippen molar-refractivity contribution < 1.29 is 9.53 Å². The molecule has 0 aliphatic heterocycles. The summed E-state index contributed by atoms with van der Waals surface area (Å²) in [6, 6.07) is 14.8. The third-order valence-electron chi connectivity index (χ3n) is 4.45. The zero-order valence-corrected chi connectivity index (χ0v) is 16.1. The van der Waals surface area contributed by atoms with E-state index in [9.17, 15) is 9.59 Å². The van der Waals surface area contributed by atoms with Crippen LogP contribution < -0.4 is 15.7 Å². The number of nitrogens with one attached hydrogen (secondary N) is 1. The molecule has 1 heterocycles. The van der Waals surface area contributed by atoms with Crippen molar-refractivity contribution in [2.75, 3.05) is 7.11 Å². The monoisotopic (exact) mass is 378 g/mol. The molecule has 0 bridgehead atoms. The molecule has 0 fully saturated rings. The molecule has 0 spiro atoms. The van der Waals surface area contributed by atoms with Gasteiger partial charge < -0.3 is 4.74 Å². The molecule has 2 aromatic carbocycles. The lowest BCUT2D eigenvalue weighted by molar-refractivity contribution is 0.0949. The number of carbonyl (C=O) groups excluding carboxylic acids is 1. The summed E-state index contributed by atoms with van der Waals surface area (Å²) in [7, 11) is 3.16. The Labute approximate surface area is 162 Å². The highest BCUT2D eigenvalue weighted by atomic mass is 16.5. The van der Waals surface area contributed by atoms with E-state index in [4.69, 9.17) is 4.74 Å². The normalized spacial score (nSPS) is 11.5. The van der Waals surface area contributed by atoms with Gasteiger partial charge in [0.1, 0.15) is 5.75 Å². The number of benzene rings is 2. The number of ether oxygens (including phenoxy) is 1. The highest BCUT2D eigenvalue weighted by molar-refractivity contribution is 6.05. The van der Waals surface area contributed by atoms with E-state index in [1.54, 1.807) is 31.4 Å². The summed E-state index contributed by atoms with van der Waals surface area (Å²) >= 11 is 0. The summed E-state index contributed by atoms with van der Waals surface area (Å²) in [6.45, 7) is 1.86. The van der Waals surface area contributed by atoms with Crippen LogP contribution in [-0.4, -0.2) is 28.5 Å². The summed E-state index contributed by atoms with van der Waals surface area (Å²) in [5.74, 6) is 0.369. The van der Waals surface area contributed by atoms with Crippen LogP contribution in [0.15, 0.2) is 58.4 Å². The van der Waals surface area contributed by atoms with Gasteiger partial charge in [0.25, 0.3) is 11.5 Å². The number of hydrogen-bond acceptors (Lipinski definition) is 5. The Morgan fingerprint density at radius 3 is 2.50 bits per heavy atom. The van der Waals surface area contributed by atoms with Crippen molar-refractivity contribution in [1.82, 2.24) is 15.2 Å². The van der Waals surface area contributed by atoms with Gasteiger partial charge in [-0.05, 0) is 43.5 Å². The fraction of sp³-hybridized carbons (Fsp3) is 0.238. The van der Waals surface area contributed by atoms with E-state index in [2.05, 4.69) is 15.6 Å². The van der Waals surface area contributed by atoms with Crippen LogP contribution >= 0.6 is 0 Å². The molecule has 3 rings (SSSR count). The average molecular weight is 378 g/mol. The zero-order chi connectivity index (χ0) is 20.1. The Hall–Kier alpha value is -3.48. The number of fused-ring (bicyclic) bond motifs is 1. The summed E-state index contributed by atoms with van der Waals surface area (Å²) in [5, 5.41) is 9.23. The highest BCUT2D eigenvalue weighted by Gasteiger charge is 2.15. The first-order chi connectivity index (χ1) is 13.5. The van der Waals surface area contributed by atoms with Crippen LogP contribution in [-0.2, 0) is 13.5 Å². The molecule has 7 heteroatoms. The lowest BCUT2D eigenvalue weighted by Gasteiger charge is -2.07.